The van der Waals surface area contributed by atoms with Gasteiger partial charge in [0.1, 0.15) is 5.82 Å². The van der Waals surface area contributed by atoms with Gasteiger partial charge in [0.15, 0.2) is 0 Å². The summed E-state index contributed by atoms with van der Waals surface area (Å²) >= 11 is 0. The maximum atomic E-state index is 4.48. The highest BCUT2D eigenvalue weighted by molar-refractivity contribution is 5.02. The van der Waals surface area contributed by atoms with Gasteiger partial charge in [-0.3, -0.25) is 0 Å². The van der Waals surface area contributed by atoms with Crippen LogP contribution in [0.15, 0.2) is 12.4 Å². The van der Waals surface area contributed by atoms with E-state index in [1.807, 2.05) is 12.4 Å². The molecular weight excluding hydrogens is 340 g/mol. The molecule has 0 bridgehead atoms. The Labute approximate surface area is 174 Å². The van der Waals surface area contributed by atoms with E-state index >= 15 is 0 Å². The van der Waals surface area contributed by atoms with Gasteiger partial charge in [0.05, 0.1) is 0 Å². The van der Waals surface area contributed by atoms with Crippen LogP contribution in [0.4, 0.5) is 0 Å². The van der Waals surface area contributed by atoms with Gasteiger partial charge in [0.25, 0.3) is 0 Å². The van der Waals surface area contributed by atoms with Gasteiger partial charge in [-0.15, -0.1) is 0 Å². The molecule has 0 saturated heterocycles. The molecule has 0 unspecified atom stereocenters. The van der Waals surface area contributed by atoms with E-state index in [4.69, 9.17) is 0 Å². The summed E-state index contributed by atoms with van der Waals surface area (Å²) in [6, 6.07) is 0. The van der Waals surface area contributed by atoms with Gasteiger partial charge < -0.3 is 0 Å². The molecule has 2 saturated carbocycles. The fraction of sp³-hybridized carbons (Fsp3) is 0.846. The summed E-state index contributed by atoms with van der Waals surface area (Å²) in [5.41, 5.74) is 1.16. The van der Waals surface area contributed by atoms with Crippen molar-refractivity contribution in [2.24, 2.45) is 23.7 Å². The smallest absolute Gasteiger partial charge is 0.128 e. The van der Waals surface area contributed by atoms with Crippen LogP contribution in [0.2, 0.25) is 0 Å². The summed E-state index contributed by atoms with van der Waals surface area (Å²) in [5, 5.41) is 0. The topological polar surface area (TPSA) is 25.8 Å². The van der Waals surface area contributed by atoms with Crippen LogP contribution >= 0.6 is 0 Å². The molecule has 2 fully saturated rings. The van der Waals surface area contributed by atoms with Gasteiger partial charge in [-0.1, -0.05) is 71.1 Å². The van der Waals surface area contributed by atoms with E-state index in [1.54, 1.807) is 0 Å². The molecule has 2 aliphatic carbocycles. The second kappa shape index (κ2) is 11.9. The summed E-state index contributed by atoms with van der Waals surface area (Å²) < 4.78 is 0. The lowest BCUT2D eigenvalue weighted by Crippen LogP contribution is -2.26. The Morgan fingerprint density at radius 1 is 0.714 bits per heavy atom. The lowest BCUT2D eigenvalue weighted by Gasteiger charge is -2.38. The van der Waals surface area contributed by atoms with E-state index in [1.165, 1.54) is 96.3 Å². The first kappa shape index (κ1) is 21.8. The van der Waals surface area contributed by atoms with Gasteiger partial charge in [-0.2, -0.15) is 0 Å². The van der Waals surface area contributed by atoms with Gasteiger partial charge in [0.2, 0.25) is 0 Å². The standard InChI is InChI=1S/C26H44N2/c1-3-4-5-6-7-8-22-9-14-24(15-10-22)25-16-11-23(12-17-25)13-18-26-27-19-21(2)20-28-26/h19-20,22-25H,3-18H2,1-2H3. The lowest BCUT2D eigenvalue weighted by atomic mass is 9.68. The predicted octanol–water partition coefficient (Wildman–Crippen LogP) is 7.69. The number of hydrogen-bond acceptors (Lipinski definition) is 2. The summed E-state index contributed by atoms with van der Waals surface area (Å²) in [4.78, 5) is 8.97. The van der Waals surface area contributed by atoms with E-state index in [0.29, 0.717) is 0 Å². The van der Waals surface area contributed by atoms with E-state index in [2.05, 4.69) is 23.8 Å². The highest BCUT2D eigenvalue weighted by atomic mass is 14.9. The van der Waals surface area contributed by atoms with Crippen molar-refractivity contribution in [3.63, 3.8) is 0 Å². The van der Waals surface area contributed by atoms with Crippen molar-refractivity contribution in [1.82, 2.24) is 9.97 Å². The number of unbranched alkanes of at least 4 members (excludes halogenated alkanes) is 4. The van der Waals surface area contributed by atoms with E-state index in [-0.39, 0.29) is 0 Å². The van der Waals surface area contributed by atoms with Crippen molar-refractivity contribution < 1.29 is 0 Å². The molecule has 28 heavy (non-hydrogen) atoms. The minimum absolute atomic E-state index is 0.917. The molecule has 0 radical (unpaired) electrons. The second-order valence-electron chi connectivity index (χ2n) is 9.98. The minimum atomic E-state index is 0.917. The molecule has 2 nitrogen and oxygen atoms in total. The number of aromatic nitrogens is 2. The SMILES string of the molecule is CCCCCCCC1CCC(C2CCC(CCc3ncc(C)cn3)CC2)CC1. The molecule has 0 amide bonds. The van der Waals surface area contributed by atoms with Crippen molar-refractivity contribution >= 4 is 0 Å². The molecule has 0 N–H and O–H groups in total. The molecule has 0 aliphatic heterocycles. The maximum Gasteiger partial charge on any atom is 0.128 e. The van der Waals surface area contributed by atoms with Crippen molar-refractivity contribution in [2.45, 2.75) is 117 Å². The molecule has 2 heteroatoms. The third-order valence-electron chi connectivity index (χ3n) is 7.78. The van der Waals surface area contributed by atoms with Gasteiger partial charge in [0, 0.05) is 18.8 Å². The van der Waals surface area contributed by atoms with Crippen LogP contribution < -0.4 is 0 Å². The average molecular weight is 385 g/mol. The predicted molar refractivity (Wildman–Crippen MR) is 119 cm³/mol. The first-order chi connectivity index (χ1) is 13.7. The molecule has 0 spiro atoms. The van der Waals surface area contributed by atoms with Crippen LogP contribution in [0, 0.1) is 30.6 Å². The zero-order valence-electron chi connectivity index (χ0n) is 18.7. The van der Waals surface area contributed by atoms with Crippen LogP contribution in [-0.4, -0.2) is 9.97 Å². The van der Waals surface area contributed by atoms with Crippen LogP contribution in [0.25, 0.3) is 0 Å². The number of hydrogen-bond donors (Lipinski definition) is 0. The quantitative estimate of drug-likeness (QED) is 0.386. The van der Waals surface area contributed by atoms with Crippen LogP contribution in [0.3, 0.4) is 0 Å². The molecule has 158 valence electrons. The lowest BCUT2D eigenvalue weighted by molar-refractivity contribution is 0.140. The Kier molecular flexibility index (Phi) is 9.28. The fourth-order valence-corrected chi connectivity index (χ4v) is 5.81. The molecule has 0 atom stereocenters. The summed E-state index contributed by atoms with van der Waals surface area (Å²) in [6.45, 7) is 4.37. The third kappa shape index (κ3) is 7.16. The normalized spacial score (nSPS) is 28.4. The van der Waals surface area contributed by atoms with Crippen LogP contribution in [-0.2, 0) is 6.42 Å². The van der Waals surface area contributed by atoms with E-state index < -0.39 is 0 Å². The highest BCUT2D eigenvalue weighted by Crippen LogP contribution is 2.43. The number of aryl methyl sites for hydroxylation is 2. The Morgan fingerprint density at radius 3 is 1.82 bits per heavy atom. The average Bonchev–Trinajstić information content (AvgIpc) is 2.74. The molecule has 1 aromatic heterocycles. The van der Waals surface area contributed by atoms with Crippen molar-refractivity contribution in [3.8, 4) is 0 Å². The maximum absolute atomic E-state index is 4.48. The fourth-order valence-electron chi connectivity index (χ4n) is 5.81. The monoisotopic (exact) mass is 384 g/mol. The molecule has 1 aromatic rings. The summed E-state index contributed by atoms with van der Waals surface area (Å²) in [6.07, 6.45) is 27.1. The van der Waals surface area contributed by atoms with Gasteiger partial charge >= 0.3 is 0 Å². The Hall–Kier alpha value is -0.920. The van der Waals surface area contributed by atoms with E-state index in [9.17, 15) is 0 Å². The molecule has 2 aliphatic rings. The second-order valence-corrected chi connectivity index (χ2v) is 9.98. The largest absolute Gasteiger partial charge is 0.241 e. The Morgan fingerprint density at radius 2 is 1.25 bits per heavy atom. The van der Waals surface area contributed by atoms with Crippen molar-refractivity contribution in [2.75, 3.05) is 0 Å². The Balaban J connectivity index is 1.27. The van der Waals surface area contributed by atoms with Crippen molar-refractivity contribution in [3.05, 3.63) is 23.8 Å². The molecule has 0 aromatic carbocycles. The van der Waals surface area contributed by atoms with Gasteiger partial charge in [-0.05, 0) is 68.3 Å². The van der Waals surface area contributed by atoms with Crippen LogP contribution in [0.5, 0.6) is 0 Å². The summed E-state index contributed by atoms with van der Waals surface area (Å²) in [5.74, 6) is 5.11. The van der Waals surface area contributed by atoms with E-state index in [0.717, 1.165) is 41.5 Å². The van der Waals surface area contributed by atoms with Crippen molar-refractivity contribution in [1.29, 1.82) is 0 Å². The molecule has 1 heterocycles. The number of nitrogens with zero attached hydrogens (tertiary/aromatic N) is 2. The first-order valence-corrected chi connectivity index (χ1v) is 12.5. The summed E-state index contributed by atoms with van der Waals surface area (Å²) in [7, 11) is 0. The molecule has 3 rings (SSSR count). The zero-order chi connectivity index (χ0) is 19.6. The van der Waals surface area contributed by atoms with Gasteiger partial charge in [-0.25, -0.2) is 9.97 Å². The molecular formula is C26H44N2. The highest BCUT2D eigenvalue weighted by Gasteiger charge is 2.30. The first-order valence-electron chi connectivity index (χ1n) is 12.5. The number of rotatable bonds is 10. The zero-order valence-corrected chi connectivity index (χ0v) is 18.7. The third-order valence-corrected chi connectivity index (χ3v) is 7.78. The Bertz CT molecular complexity index is 522. The minimum Gasteiger partial charge on any atom is -0.241 e. The van der Waals surface area contributed by atoms with Crippen LogP contribution in [0.1, 0.15) is 115 Å².